The van der Waals surface area contributed by atoms with Crippen molar-refractivity contribution in [2.24, 2.45) is 0 Å². The minimum absolute atomic E-state index is 0.142. The Balaban J connectivity index is 2.21. The number of rotatable bonds is 5. The van der Waals surface area contributed by atoms with Crippen LogP contribution in [-0.2, 0) is 14.3 Å². The summed E-state index contributed by atoms with van der Waals surface area (Å²) in [6.45, 7) is 0. The molecule has 1 atom stereocenters. The molecule has 0 aliphatic heterocycles. The number of H-pyrrole nitrogens is 1. The van der Waals surface area contributed by atoms with Crippen LogP contribution in [0.4, 0.5) is 0 Å². The summed E-state index contributed by atoms with van der Waals surface area (Å²) in [5.74, 6) is -2.85. The van der Waals surface area contributed by atoms with Crippen LogP contribution in [0.1, 0.15) is 33.8 Å². The number of nitrogens with one attached hydrogen (secondary N) is 1. The van der Waals surface area contributed by atoms with Crippen LogP contribution in [0.5, 0.6) is 5.75 Å². The van der Waals surface area contributed by atoms with Crippen LogP contribution in [0.3, 0.4) is 0 Å². The van der Waals surface area contributed by atoms with E-state index < -0.39 is 29.2 Å². The van der Waals surface area contributed by atoms with Gasteiger partial charge in [0.1, 0.15) is 11.3 Å². The third kappa shape index (κ3) is 3.54. The van der Waals surface area contributed by atoms with Crippen LogP contribution in [0, 0.1) is 0 Å². The van der Waals surface area contributed by atoms with E-state index in [0.717, 1.165) is 13.3 Å². The Morgan fingerprint density at radius 1 is 1.14 bits per heavy atom. The van der Waals surface area contributed by atoms with Crippen molar-refractivity contribution in [2.75, 3.05) is 14.2 Å². The number of hydrogen-bond acceptors (Lipinski definition) is 8. The van der Waals surface area contributed by atoms with Crippen molar-refractivity contribution >= 4 is 23.0 Å². The normalized spacial score (nSPS) is 11.8. The number of esters is 2. The molecule has 28 heavy (non-hydrogen) atoms. The molecule has 9 nitrogen and oxygen atoms in total. The molecule has 2 aromatic heterocycles. The number of fused-ring (bicyclic) bond motifs is 1. The van der Waals surface area contributed by atoms with E-state index in [2.05, 4.69) is 19.7 Å². The van der Waals surface area contributed by atoms with Crippen molar-refractivity contribution in [3.8, 4) is 5.75 Å². The molecule has 0 spiro atoms. The van der Waals surface area contributed by atoms with Gasteiger partial charge in [0.15, 0.2) is 0 Å². The minimum Gasteiger partial charge on any atom is -0.506 e. The van der Waals surface area contributed by atoms with E-state index in [1.807, 2.05) is 0 Å². The summed E-state index contributed by atoms with van der Waals surface area (Å²) in [7, 11) is 2.38. The molecule has 3 aromatic rings. The number of carbonyl (C=O) groups excluding carboxylic acids is 2. The number of aromatic nitrogens is 3. The number of benzene rings is 1. The van der Waals surface area contributed by atoms with E-state index in [-0.39, 0.29) is 17.5 Å². The highest BCUT2D eigenvalue weighted by molar-refractivity contribution is 5.92. The predicted octanol–water partition coefficient (Wildman–Crippen LogP) is 1.51. The van der Waals surface area contributed by atoms with E-state index in [1.165, 1.54) is 13.3 Å². The van der Waals surface area contributed by atoms with Gasteiger partial charge in [0, 0.05) is 24.5 Å². The molecule has 0 radical (unpaired) electrons. The van der Waals surface area contributed by atoms with E-state index in [9.17, 15) is 19.5 Å². The number of hydrogen-bond donors (Lipinski definition) is 2. The van der Waals surface area contributed by atoms with Gasteiger partial charge >= 0.3 is 11.9 Å². The molecule has 0 saturated carbocycles. The smallest absolute Gasteiger partial charge is 0.343 e. The van der Waals surface area contributed by atoms with Crippen molar-refractivity contribution in [3.05, 3.63) is 63.8 Å². The van der Waals surface area contributed by atoms with Gasteiger partial charge in [0.05, 0.1) is 37.2 Å². The topological polar surface area (TPSA) is 131 Å². The number of methoxy groups -OCH3 is 2. The lowest BCUT2D eigenvalue weighted by Crippen LogP contribution is -2.22. The number of aromatic amines is 1. The molecule has 144 valence electrons. The predicted molar refractivity (Wildman–Crippen MR) is 98.1 cm³/mol. The molecule has 0 aliphatic carbocycles. The van der Waals surface area contributed by atoms with Crippen molar-refractivity contribution < 1.29 is 24.2 Å². The summed E-state index contributed by atoms with van der Waals surface area (Å²) in [6.07, 6.45) is 3.89. The summed E-state index contributed by atoms with van der Waals surface area (Å²) >= 11 is 0. The molecular formula is C19H17N3O6. The average Bonchev–Trinajstić information content (AvgIpc) is 2.72. The van der Waals surface area contributed by atoms with E-state index in [1.54, 1.807) is 24.4 Å². The molecule has 2 heterocycles. The number of ether oxygens (including phenoxy) is 2. The molecule has 1 aromatic carbocycles. The monoisotopic (exact) mass is 383 g/mol. The van der Waals surface area contributed by atoms with Crippen molar-refractivity contribution in [2.45, 2.75) is 12.3 Å². The third-order valence-electron chi connectivity index (χ3n) is 4.35. The standard InChI is InChI=1S/C19H17N3O6/c1-27-15(23)8-11(10-3-4-13-14(7-10)21-6-5-20-13)16-17(24)12(19(26)28-2)9-22-18(16)25/h3-7,9,11H,8H2,1-2H3,(H2,22,24,25). The van der Waals surface area contributed by atoms with Gasteiger partial charge < -0.3 is 19.6 Å². The van der Waals surface area contributed by atoms with Gasteiger partial charge in [-0.2, -0.15) is 0 Å². The van der Waals surface area contributed by atoms with Gasteiger partial charge in [-0.3, -0.25) is 19.6 Å². The first-order valence-corrected chi connectivity index (χ1v) is 8.26. The molecule has 3 rings (SSSR count). The zero-order valence-corrected chi connectivity index (χ0v) is 15.1. The van der Waals surface area contributed by atoms with Crippen molar-refractivity contribution in [3.63, 3.8) is 0 Å². The fourth-order valence-corrected chi connectivity index (χ4v) is 2.96. The van der Waals surface area contributed by atoms with Gasteiger partial charge in [-0.15, -0.1) is 0 Å². The van der Waals surface area contributed by atoms with Crippen molar-refractivity contribution in [1.29, 1.82) is 0 Å². The lowest BCUT2D eigenvalue weighted by molar-refractivity contribution is -0.140. The second kappa shape index (κ2) is 7.87. The Morgan fingerprint density at radius 2 is 1.86 bits per heavy atom. The zero-order valence-electron chi connectivity index (χ0n) is 15.1. The zero-order chi connectivity index (χ0) is 20.3. The van der Waals surface area contributed by atoms with Crippen LogP contribution in [-0.4, -0.2) is 46.2 Å². The third-order valence-corrected chi connectivity index (χ3v) is 4.35. The van der Waals surface area contributed by atoms with Gasteiger partial charge in [0.2, 0.25) is 0 Å². The largest absolute Gasteiger partial charge is 0.506 e. The number of nitrogens with zero attached hydrogens (tertiary/aromatic N) is 2. The molecular weight excluding hydrogens is 366 g/mol. The van der Waals surface area contributed by atoms with Crippen LogP contribution in [0.2, 0.25) is 0 Å². The Kier molecular flexibility index (Phi) is 5.35. The number of pyridine rings is 1. The summed E-state index contributed by atoms with van der Waals surface area (Å²) in [4.78, 5) is 47.2. The first-order valence-electron chi connectivity index (χ1n) is 8.26. The van der Waals surface area contributed by atoms with Gasteiger partial charge in [-0.25, -0.2) is 4.79 Å². The van der Waals surface area contributed by atoms with E-state index >= 15 is 0 Å². The fourth-order valence-electron chi connectivity index (χ4n) is 2.96. The van der Waals surface area contributed by atoms with Gasteiger partial charge in [-0.1, -0.05) is 6.07 Å². The van der Waals surface area contributed by atoms with Crippen LogP contribution in [0.25, 0.3) is 11.0 Å². The number of aromatic hydroxyl groups is 1. The van der Waals surface area contributed by atoms with Gasteiger partial charge in [0.25, 0.3) is 5.56 Å². The highest BCUT2D eigenvalue weighted by Gasteiger charge is 2.28. The average molecular weight is 383 g/mol. The maximum Gasteiger partial charge on any atom is 0.343 e. The van der Waals surface area contributed by atoms with Gasteiger partial charge in [-0.05, 0) is 17.7 Å². The Hall–Kier alpha value is -3.75. The minimum atomic E-state index is -0.882. The molecule has 1 unspecified atom stereocenters. The quantitative estimate of drug-likeness (QED) is 0.634. The first kappa shape index (κ1) is 19.0. The molecule has 0 bridgehead atoms. The molecule has 2 N–H and O–H groups in total. The number of carbonyl (C=O) groups is 2. The molecule has 0 amide bonds. The summed E-state index contributed by atoms with van der Waals surface area (Å²) in [5, 5.41) is 10.6. The Bertz CT molecular complexity index is 1110. The molecule has 0 aliphatic rings. The van der Waals surface area contributed by atoms with E-state index in [4.69, 9.17) is 4.74 Å². The highest BCUT2D eigenvalue weighted by atomic mass is 16.5. The van der Waals surface area contributed by atoms with Crippen LogP contribution in [0.15, 0.2) is 41.6 Å². The maximum atomic E-state index is 12.5. The highest BCUT2D eigenvalue weighted by Crippen LogP contribution is 2.34. The first-order chi connectivity index (χ1) is 13.5. The molecule has 9 heteroatoms. The lowest BCUT2D eigenvalue weighted by Gasteiger charge is -2.18. The molecule has 0 saturated heterocycles. The van der Waals surface area contributed by atoms with Crippen molar-refractivity contribution in [1.82, 2.24) is 15.0 Å². The second-order valence-electron chi connectivity index (χ2n) is 5.92. The lowest BCUT2D eigenvalue weighted by atomic mass is 9.87. The summed E-state index contributed by atoms with van der Waals surface area (Å²) in [6, 6.07) is 5.03. The summed E-state index contributed by atoms with van der Waals surface area (Å²) in [5.41, 5.74) is 0.711. The molecule has 0 fully saturated rings. The van der Waals surface area contributed by atoms with E-state index in [0.29, 0.717) is 16.6 Å². The Labute approximate surface area is 159 Å². The fraction of sp³-hybridized carbons (Fsp3) is 0.211. The SMILES string of the molecule is COC(=O)CC(c1ccc2nccnc2c1)c1c(O)c(C(=O)OC)c[nH]c1=O. The van der Waals surface area contributed by atoms with Crippen LogP contribution >= 0.6 is 0 Å². The Morgan fingerprint density at radius 3 is 2.54 bits per heavy atom. The second-order valence-corrected chi connectivity index (χ2v) is 5.92. The summed E-state index contributed by atoms with van der Waals surface area (Å²) < 4.78 is 9.36. The maximum absolute atomic E-state index is 12.5. The van der Waals surface area contributed by atoms with Crippen LogP contribution < -0.4 is 5.56 Å².